The van der Waals surface area contributed by atoms with Gasteiger partial charge in [-0.05, 0) is 0 Å². The van der Waals surface area contributed by atoms with E-state index >= 15 is 0 Å². The fourth-order valence-corrected chi connectivity index (χ4v) is 5.10. The van der Waals surface area contributed by atoms with Crippen LogP contribution in [0.25, 0.3) is 0 Å². The van der Waals surface area contributed by atoms with Crippen molar-refractivity contribution in [2.45, 2.75) is 38.5 Å². The number of hydrogen-bond acceptors (Lipinski definition) is 5. The zero-order chi connectivity index (χ0) is 18.8. The van der Waals surface area contributed by atoms with Crippen LogP contribution in [0.4, 0.5) is 0 Å². The quantitative estimate of drug-likeness (QED) is 0.339. The summed E-state index contributed by atoms with van der Waals surface area (Å²) in [5.74, 6) is 0.899. The van der Waals surface area contributed by atoms with Crippen molar-refractivity contribution in [3.05, 3.63) is 29.8 Å². The Hall–Kier alpha value is -0.633. The third kappa shape index (κ3) is 6.83. The summed E-state index contributed by atoms with van der Waals surface area (Å²) in [6.07, 6.45) is 0. The number of piperazine rings is 1. The summed E-state index contributed by atoms with van der Waals surface area (Å²) in [4.78, 5) is 2.53. The fourth-order valence-electron chi connectivity index (χ4n) is 3.27. The van der Waals surface area contributed by atoms with E-state index in [1.54, 1.807) is 7.11 Å². The van der Waals surface area contributed by atoms with E-state index < -0.39 is 7.63 Å². The molecular formula is C19H35ClN3O2Si-. The normalized spacial score (nSPS) is 19.5. The van der Waals surface area contributed by atoms with Crippen LogP contribution in [-0.4, -0.2) is 65.0 Å². The average Bonchev–Trinajstić information content (AvgIpc) is 2.70. The first-order valence-electron chi connectivity index (χ1n) is 9.88. The van der Waals surface area contributed by atoms with Gasteiger partial charge >= 0.3 is 152 Å². The molecule has 150 valence electrons. The molecule has 0 saturated carbocycles. The van der Waals surface area contributed by atoms with Gasteiger partial charge in [-0.25, -0.2) is 0 Å². The molecule has 1 unspecified atom stereocenters. The van der Waals surface area contributed by atoms with Gasteiger partial charge in [0.1, 0.15) is 0 Å². The number of halogens is 1. The Kier molecular flexibility index (Phi) is 9.39. The van der Waals surface area contributed by atoms with Gasteiger partial charge in [-0.3, -0.25) is 0 Å². The first kappa shape index (κ1) is 21.7. The summed E-state index contributed by atoms with van der Waals surface area (Å²) in [5, 5.41) is 7.03. The molecule has 0 radical (unpaired) electrons. The zero-order valence-electron chi connectivity index (χ0n) is 16.5. The summed E-state index contributed by atoms with van der Waals surface area (Å²) in [5.41, 5.74) is 1.27. The van der Waals surface area contributed by atoms with Crippen molar-refractivity contribution in [1.82, 2.24) is 15.5 Å². The van der Waals surface area contributed by atoms with Crippen molar-refractivity contribution in [2.75, 3.05) is 46.4 Å². The van der Waals surface area contributed by atoms with Crippen LogP contribution < -0.4 is 15.4 Å². The number of methoxy groups -OCH3 is 1. The minimum absolute atomic E-state index is 0.419. The Labute approximate surface area is 164 Å². The number of ether oxygens (including phenoxy) is 1. The maximum absolute atomic E-state index is 6.68. The molecule has 1 aromatic carbocycles. The maximum atomic E-state index is 6.68. The number of hydrogen-bond donors (Lipinski definition) is 2. The third-order valence-corrected chi connectivity index (χ3v) is 10.8. The monoisotopic (exact) mass is 400 g/mol. The third-order valence-electron chi connectivity index (χ3n) is 5.34. The van der Waals surface area contributed by atoms with Crippen LogP contribution in [0.3, 0.4) is 0 Å². The second-order valence-electron chi connectivity index (χ2n) is 7.09. The van der Waals surface area contributed by atoms with Gasteiger partial charge < -0.3 is 4.74 Å². The van der Waals surface area contributed by atoms with E-state index in [0.717, 1.165) is 63.7 Å². The summed E-state index contributed by atoms with van der Waals surface area (Å²) < 4.78 is 11.4. The zero-order valence-corrected chi connectivity index (χ0v) is 18.4. The summed E-state index contributed by atoms with van der Waals surface area (Å²) in [7, 11) is -0.614. The van der Waals surface area contributed by atoms with E-state index in [0.29, 0.717) is 6.04 Å². The molecule has 0 aromatic heterocycles. The summed E-state index contributed by atoms with van der Waals surface area (Å²) >= 11 is 6.68. The molecule has 1 aromatic rings. The van der Waals surface area contributed by atoms with Crippen molar-refractivity contribution in [3.63, 3.8) is 0 Å². The molecule has 2 rings (SSSR count). The Balaban J connectivity index is 1.73. The van der Waals surface area contributed by atoms with E-state index in [-0.39, 0.29) is 0 Å². The SMILES string of the molecule is CC[SiH-](Cl)(CC)OCC1CNCCN1CCNCc1ccc(OC)cc1. The van der Waals surface area contributed by atoms with Crippen LogP contribution in [0.2, 0.25) is 12.1 Å². The van der Waals surface area contributed by atoms with Gasteiger partial charge in [0.05, 0.1) is 7.11 Å². The Bertz CT molecular complexity index is 514. The van der Waals surface area contributed by atoms with Crippen molar-refractivity contribution in [3.8, 4) is 5.75 Å². The fraction of sp³-hybridized carbons (Fsp3) is 0.684. The van der Waals surface area contributed by atoms with Gasteiger partial charge in [-0.2, -0.15) is 0 Å². The molecule has 0 bridgehead atoms. The standard InChI is InChI=1S/C19H35ClN3O2Si/c1-4-26(20,5-2)25-16-18-15-22-11-13-23(18)12-10-21-14-17-6-8-19(24-3)9-7-17/h6-9,18,21-22,26H,4-5,10-16H2,1-3H3/q-1. The second kappa shape index (κ2) is 11.3. The molecule has 5 nitrogen and oxygen atoms in total. The van der Waals surface area contributed by atoms with Crippen LogP contribution in [0.1, 0.15) is 19.4 Å². The summed E-state index contributed by atoms with van der Waals surface area (Å²) in [6.45, 7) is 11.0. The van der Waals surface area contributed by atoms with Crippen molar-refractivity contribution >= 4 is 18.7 Å². The van der Waals surface area contributed by atoms with E-state index in [2.05, 4.69) is 41.5 Å². The first-order chi connectivity index (χ1) is 12.6. The van der Waals surface area contributed by atoms with Crippen molar-refractivity contribution < 1.29 is 9.16 Å². The van der Waals surface area contributed by atoms with Gasteiger partial charge in [-0.15, -0.1) is 0 Å². The number of rotatable bonds is 11. The molecule has 0 amide bonds. The van der Waals surface area contributed by atoms with Gasteiger partial charge in [0.15, 0.2) is 0 Å². The van der Waals surface area contributed by atoms with Crippen molar-refractivity contribution in [2.24, 2.45) is 0 Å². The van der Waals surface area contributed by atoms with Gasteiger partial charge in [0, 0.05) is 0 Å². The summed E-state index contributed by atoms with van der Waals surface area (Å²) in [6, 6.07) is 10.6. The average molecular weight is 401 g/mol. The molecule has 0 aliphatic carbocycles. The van der Waals surface area contributed by atoms with Crippen LogP contribution in [0.5, 0.6) is 5.75 Å². The van der Waals surface area contributed by atoms with Gasteiger partial charge in [0.25, 0.3) is 0 Å². The number of nitrogens with one attached hydrogen (secondary N) is 2. The molecule has 0 spiro atoms. The molecule has 1 aliphatic rings. The Morgan fingerprint density at radius 3 is 2.65 bits per heavy atom. The van der Waals surface area contributed by atoms with Gasteiger partial charge in [-0.1, -0.05) is 0 Å². The van der Waals surface area contributed by atoms with Crippen LogP contribution in [-0.2, 0) is 11.0 Å². The van der Waals surface area contributed by atoms with Crippen LogP contribution in [0.15, 0.2) is 24.3 Å². The molecule has 1 atom stereocenters. The Morgan fingerprint density at radius 2 is 2.00 bits per heavy atom. The van der Waals surface area contributed by atoms with Gasteiger partial charge in [0.2, 0.25) is 0 Å². The Morgan fingerprint density at radius 1 is 1.27 bits per heavy atom. The second-order valence-corrected chi connectivity index (χ2v) is 13.5. The molecular weight excluding hydrogens is 366 g/mol. The topological polar surface area (TPSA) is 45.8 Å². The van der Waals surface area contributed by atoms with Crippen LogP contribution in [0, 0.1) is 0 Å². The molecule has 1 saturated heterocycles. The van der Waals surface area contributed by atoms with E-state index in [1.165, 1.54) is 5.56 Å². The van der Waals surface area contributed by atoms with E-state index in [9.17, 15) is 0 Å². The van der Waals surface area contributed by atoms with E-state index in [1.807, 2.05) is 12.1 Å². The van der Waals surface area contributed by atoms with Crippen molar-refractivity contribution in [1.29, 1.82) is 0 Å². The molecule has 7 heteroatoms. The molecule has 26 heavy (non-hydrogen) atoms. The first-order valence-corrected chi connectivity index (χ1v) is 13.7. The predicted octanol–water partition coefficient (Wildman–Crippen LogP) is 2.53. The number of benzene rings is 1. The predicted molar refractivity (Wildman–Crippen MR) is 113 cm³/mol. The molecule has 1 heterocycles. The van der Waals surface area contributed by atoms with Crippen LogP contribution >= 0.6 is 11.1 Å². The molecule has 1 aliphatic heterocycles. The minimum atomic E-state index is -2.31. The molecule has 1 fully saturated rings. The van der Waals surface area contributed by atoms with E-state index in [4.69, 9.17) is 20.2 Å². The molecule has 2 N–H and O–H groups in total. The number of nitrogens with zero attached hydrogens (tertiary/aromatic N) is 1.